The number of rotatable bonds is 3. The van der Waals surface area contributed by atoms with Gasteiger partial charge in [-0.25, -0.2) is 0 Å². The summed E-state index contributed by atoms with van der Waals surface area (Å²) in [5.74, 6) is 0. The Balaban J connectivity index is 2.24. The molecule has 1 heterocycles. The van der Waals surface area contributed by atoms with E-state index >= 15 is 0 Å². The van der Waals surface area contributed by atoms with Crippen LogP contribution in [0.15, 0.2) is 48.8 Å². The lowest BCUT2D eigenvalue weighted by atomic mass is 10.1. The van der Waals surface area contributed by atoms with Gasteiger partial charge in [0.15, 0.2) is 0 Å². The van der Waals surface area contributed by atoms with Crippen LogP contribution in [0.3, 0.4) is 0 Å². The van der Waals surface area contributed by atoms with E-state index in [1.807, 2.05) is 54.3 Å². The molecule has 0 amide bonds. The zero-order chi connectivity index (χ0) is 11.4. The van der Waals surface area contributed by atoms with Crippen LogP contribution in [0.2, 0.25) is 0 Å². The van der Waals surface area contributed by atoms with Crippen molar-refractivity contribution in [3.05, 3.63) is 48.8 Å². The molecule has 0 aliphatic heterocycles. The Morgan fingerprint density at radius 1 is 1.38 bits per heavy atom. The first-order valence-corrected chi connectivity index (χ1v) is 5.29. The van der Waals surface area contributed by atoms with E-state index in [1.165, 1.54) is 0 Å². The molecule has 2 aromatic rings. The molecule has 16 heavy (non-hydrogen) atoms. The van der Waals surface area contributed by atoms with Crippen molar-refractivity contribution in [3.63, 3.8) is 0 Å². The maximum Gasteiger partial charge on any atom is 0.0590 e. The normalized spacial score (nSPS) is 11.1. The Bertz CT molecular complexity index is 497. The van der Waals surface area contributed by atoms with Gasteiger partial charge in [-0.1, -0.05) is 24.3 Å². The summed E-state index contributed by atoms with van der Waals surface area (Å²) in [7, 11) is 0. The molecule has 0 spiro atoms. The predicted octanol–water partition coefficient (Wildman–Crippen LogP) is 2.71. The van der Waals surface area contributed by atoms with E-state index in [9.17, 15) is 0 Å². The monoisotopic (exact) mass is 213 g/mol. The highest BCUT2D eigenvalue weighted by Crippen LogP contribution is 2.20. The van der Waals surface area contributed by atoms with Crippen LogP contribution in [0.4, 0.5) is 5.69 Å². The van der Waals surface area contributed by atoms with Gasteiger partial charge < -0.3 is 5.73 Å². The highest BCUT2D eigenvalue weighted by molar-refractivity contribution is 5.65. The van der Waals surface area contributed by atoms with Gasteiger partial charge in [0.1, 0.15) is 0 Å². The zero-order valence-electron chi connectivity index (χ0n) is 9.30. The molecule has 3 nitrogen and oxygen atoms in total. The number of nitrogens with zero attached hydrogens (tertiary/aromatic N) is 2. The van der Waals surface area contributed by atoms with Gasteiger partial charge in [-0.05, 0) is 24.6 Å². The summed E-state index contributed by atoms with van der Waals surface area (Å²) in [6.07, 6.45) is 7.96. The van der Waals surface area contributed by atoms with Crippen LogP contribution in [-0.2, 0) is 6.54 Å². The second kappa shape index (κ2) is 4.66. The number of allylic oxidation sites excluding steroid dienone is 2. The summed E-state index contributed by atoms with van der Waals surface area (Å²) >= 11 is 0. The van der Waals surface area contributed by atoms with Gasteiger partial charge >= 0.3 is 0 Å². The first kappa shape index (κ1) is 10.5. The van der Waals surface area contributed by atoms with Gasteiger partial charge in [-0.2, -0.15) is 5.10 Å². The molecular weight excluding hydrogens is 198 g/mol. The fourth-order valence-corrected chi connectivity index (χ4v) is 1.54. The number of hydrogen-bond donors (Lipinski definition) is 1. The van der Waals surface area contributed by atoms with Crippen LogP contribution in [0, 0.1) is 0 Å². The zero-order valence-corrected chi connectivity index (χ0v) is 9.30. The predicted molar refractivity (Wildman–Crippen MR) is 66.9 cm³/mol. The summed E-state index contributed by atoms with van der Waals surface area (Å²) in [5.41, 5.74) is 8.72. The van der Waals surface area contributed by atoms with Crippen molar-refractivity contribution in [3.8, 4) is 11.1 Å². The molecule has 0 radical (unpaired) electrons. The van der Waals surface area contributed by atoms with Crippen molar-refractivity contribution in [2.45, 2.75) is 13.5 Å². The summed E-state index contributed by atoms with van der Waals surface area (Å²) in [4.78, 5) is 0. The van der Waals surface area contributed by atoms with E-state index in [1.54, 1.807) is 0 Å². The summed E-state index contributed by atoms with van der Waals surface area (Å²) < 4.78 is 1.90. The van der Waals surface area contributed by atoms with Crippen molar-refractivity contribution >= 4 is 5.69 Å². The topological polar surface area (TPSA) is 43.8 Å². The van der Waals surface area contributed by atoms with Crippen molar-refractivity contribution in [2.24, 2.45) is 0 Å². The highest BCUT2D eigenvalue weighted by Gasteiger charge is 2.00. The van der Waals surface area contributed by atoms with Crippen molar-refractivity contribution in [1.82, 2.24) is 9.78 Å². The maximum atomic E-state index is 5.74. The maximum absolute atomic E-state index is 5.74. The lowest BCUT2D eigenvalue weighted by molar-refractivity contribution is 0.701. The molecule has 1 aromatic carbocycles. The quantitative estimate of drug-likeness (QED) is 0.629. The largest absolute Gasteiger partial charge is 0.399 e. The number of aromatic nitrogens is 2. The molecule has 0 saturated carbocycles. The second-order valence-corrected chi connectivity index (χ2v) is 3.65. The van der Waals surface area contributed by atoms with E-state index in [0.717, 1.165) is 23.4 Å². The minimum atomic E-state index is 0.777. The molecule has 0 aliphatic rings. The molecule has 0 atom stereocenters. The minimum Gasteiger partial charge on any atom is -0.399 e. The first-order valence-electron chi connectivity index (χ1n) is 5.29. The van der Waals surface area contributed by atoms with Crippen molar-refractivity contribution < 1.29 is 0 Å². The van der Waals surface area contributed by atoms with Crippen LogP contribution in [0.1, 0.15) is 6.92 Å². The molecule has 0 fully saturated rings. The number of nitrogens with two attached hydrogens (primary N) is 1. The Morgan fingerprint density at radius 2 is 2.25 bits per heavy atom. The Labute approximate surface area is 95.2 Å². The van der Waals surface area contributed by atoms with Gasteiger partial charge in [0.05, 0.1) is 12.7 Å². The van der Waals surface area contributed by atoms with E-state index < -0.39 is 0 Å². The number of benzene rings is 1. The van der Waals surface area contributed by atoms with E-state index in [4.69, 9.17) is 5.73 Å². The fraction of sp³-hybridized carbons (Fsp3) is 0.154. The molecule has 2 rings (SSSR count). The van der Waals surface area contributed by atoms with Crippen LogP contribution >= 0.6 is 0 Å². The molecule has 1 aromatic heterocycles. The molecule has 0 saturated heterocycles. The molecule has 3 heteroatoms. The SMILES string of the molecule is C/C=C/Cn1cc(-c2cccc(N)c2)cn1. The number of hydrogen-bond acceptors (Lipinski definition) is 2. The second-order valence-electron chi connectivity index (χ2n) is 3.65. The van der Waals surface area contributed by atoms with Crippen molar-refractivity contribution in [2.75, 3.05) is 5.73 Å². The van der Waals surface area contributed by atoms with Crippen LogP contribution < -0.4 is 5.73 Å². The standard InChI is InChI=1S/C13H15N3/c1-2-3-7-16-10-12(9-15-16)11-5-4-6-13(14)8-11/h2-6,8-10H,7,14H2,1H3/b3-2+. The Kier molecular flexibility index (Phi) is 3.05. The number of nitrogen functional groups attached to an aromatic ring is 1. The molecule has 0 aliphatic carbocycles. The third kappa shape index (κ3) is 2.31. The lowest BCUT2D eigenvalue weighted by Crippen LogP contribution is -1.93. The fourth-order valence-electron chi connectivity index (χ4n) is 1.54. The highest BCUT2D eigenvalue weighted by atomic mass is 15.3. The summed E-state index contributed by atoms with van der Waals surface area (Å²) in [5, 5.41) is 4.28. The average Bonchev–Trinajstić information content (AvgIpc) is 2.75. The Hall–Kier alpha value is -2.03. The van der Waals surface area contributed by atoms with E-state index in [2.05, 4.69) is 11.2 Å². The smallest absolute Gasteiger partial charge is 0.0590 e. The molecular formula is C13H15N3. The van der Waals surface area contributed by atoms with Crippen LogP contribution in [-0.4, -0.2) is 9.78 Å². The van der Waals surface area contributed by atoms with Gasteiger partial charge in [0.25, 0.3) is 0 Å². The molecule has 2 N–H and O–H groups in total. The van der Waals surface area contributed by atoms with Crippen molar-refractivity contribution in [1.29, 1.82) is 0 Å². The van der Waals surface area contributed by atoms with Gasteiger partial charge in [0, 0.05) is 17.4 Å². The van der Waals surface area contributed by atoms with Crippen LogP contribution in [0.25, 0.3) is 11.1 Å². The number of anilines is 1. The lowest BCUT2D eigenvalue weighted by Gasteiger charge is -1.98. The van der Waals surface area contributed by atoms with Gasteiger partial charge in [-0.15, -0.1) is 0 Å². The summed E-state index contributed by atoms with van der Waals surface area (Å²) in [6, 6.07) is 7.83. The minimum absolute atomic E-state index is 0.777. The third-order valence-corrected chi connectivity index (χ3v) is 2.38. The summed E-state index contributed by atoms with van der Waals surface area (Å²) in [6.45, 7) is 2.81. The van der Waals surface area contributed by atoms with Crippen LogP contribution in [0.5, 0.6) is 0 Å². The first-order chi connectivity index (χ1) is 7.79. The van der Waals surface area contributed by atoms with E-state index in [-0.39, 0.29) is 0 Å². The average molecular weight is 213 g/mol. The third-order valence-electron chi connectivity index (χ3n) is 2.38. The Morgan fingerprint density at radius 3 is 3.00 bits per heavy atom. The molecule has 0 unspecified atom stereocenters. The van der Waals surface area contributed by atoms with E-state index in [0.29, 0.717) is 0 Å². The van der Waals surface area contributed by atoms with Gasteiger partial charge in [0.2, 0.25) is 0 Å². The molecule has 0 bridgehead atoms. The van der Waals surface area contributed by atoms with Gasteiger partial charge in [-0.3, -0.25) is 4.68 Å². The molecule has 82 valence electrons.